The summed E-state index contributed by atoms with van der Waals surface area (Å²) in [6.45, 7) is 1.34. The Morgan fingerprint density at radius 2 is 1.73 bits per heavy atom. The van der Waals surface area contributed by atoms with Crippen LogP contribution in [0.3, 0.4) is 0 Å². The van der Waals surface area contributed by atoms with Crippen molar-refractivity contribution in [3.63, 3.8) is 0 Å². The number of ether oxygens (including phenoxy) is 1. The molecule has 0 bridgehead atoms. The van der Waals surface area contributed by atoms with Crippen molar-refractivity contribution in [2.75, 3.05) is 25.2 Å². The minimum atomic E-state index is -6.27. The molecule has 0 spiro atoms. The van der Waals surface area contributed by atoms with Crippen molar-refractivity contribution in [1.82, 2.24) is 4.90 Å². The topological polar surface area (TPSA) is 75.9 Å². The highest BCUT2D eigenvalue weighted by Crippen LogP contribution is 2.54. The quantitative estimate of drug-likeness (QED) is 0.200. The molecular formula is C23H22F7N3O4. The van der Waals surface area contributed by atoms with E-state index in [9.17, 15) is 45.6 Å². The molecule has 0 fully saturated rings. The van der Waals surface area contributed by atoms with Gasteiger partial charge in [0.05, 0.1) is 11.5 Å². The van der Waals surface area contributed by atoms with Crippen molar-refractivity contribution >= 4 is 17.7 Å². The predicted molar refractivity (Wildman–Crippen MR) is 117 cm³/mol. The van der Waals surface area contributed by atoms with Gasteiger partial charge in [-0.1, -0.05) is 12.1 Å². The Hall–Kier alpha value is -3.26. The number of methoxy groups -OCH3 is 1. The molecule has 1 unspecified atom stereocenters. The number of alkyl halides is 7. The van der Waals surface area contributed by atoms with Crippen LogP contribution in [0.4, 0.5) is 42.1 Å². The lowest BCUT2D eigenvalue weighted by Gasteiger charge is -2.44. The van der Waals surface area contributed by atoms with Crippen molar-refractivity contribution in [3.05, 3.63) is 68.8 Å². The molecule has 202 valence electrons. The lowest BCUT2D eigenvalue weighted by atomic mass is 9.91. The number of halogens is 7. The third-order valence-corrected chi connectivity index (χ3v) is 6.15. The number of rotatable bonds is 8. The molecule has 0 aliphatic carbocycles. The monoisotopic (exact) mass is 537 g/mol. The third kappa shape index (κ3) is 5.25. The van der Waals surface area contributed by atoms with Crippen LogP contribution in [-0.4, -0.2) is 54.9 Å². The average molecular weight is 537 g/mol. The fraction of sp³-hybridized carbons (Fsp3) is 0.435. The summed E-state index contributed by atoms with van der Waals surface area (Å²) < 4.78 is 99.8. The lowest BCUT2D eigenvalue weighted by Crippen LogP contribution is -2.54. The molecule has 0 amide bonds. The van der Waals surface area contributed by atoms with Gasteiger partial charge in [-0.3, -0.25) is 19.8 Å². The summed E-state index contributed by atoms with van der Waals surface area (Å²) in [5.41, 5.74) is -6.53. The lowest BCUT2D eigenvalue weighted by molar-refractivity contribution is -0.385. The Morgan fingerprint density at radius 3 is 2.24 bits per heavy atom. The van der Waals surface area contributed by atoms with E-state index in [4.69, 9.17) is 4.74 Å². The summed E-state index contributed by atoms with van der Waals surface area (Å²) >= 11 is 0. The first-order valence-electron chi connectivity index (χ1n) is 10.8. The van der Waals surface area contributed by atoms with Gasteiger partial charge in [0.2, 0.25) is 0 Å². The maximum atomic E-state index is 14.7. The van der Waals surface area contributed by atoms with E-state index in [-0.39, 0.29) is 43.2 Å². The first-order chi connectivity index (χ1) is 17.2. The van der Waals surface area contributed by atoms with Crippen LogP contribution in [0.2, 0.25) is 0 Å². The Morgan fingerprint density at radius 1 is 1.08 bits per heavy atom. The first kappa shape index (κ1) is 28.3. The van der Waals surface area contributed by atoms with E-state index in [1.54, 1.807) is 0 Å². The van der Waals surface area contributed by atoms with Crippen molar-refractivity contribution in [2.45, 2.75) is 44.2 Å². The molecule has 1 aliphatic heterocycles. The van der Waals surface area contributed by atoms with E-state index >= 15 is 0 Å². The number of anilines is 1. The van der Waals surface area contributed by atoms with Crippen LogP contribution < -0.4 is 4.90 Å². The molecule has 14 heteroatoms. The van der Waals surface area contributed by atoms with Crippen LogP contribution in [-0.2, 0) is 28.3 Å². The molecule has 7 nitrogen and oxygen atoms in total. The van der Waals surface area contributed by atoms with Gasteiger partial charge in [0.1, 0.15) is 6.17 Å². The molecule has 0 radical (unpaired) electrons. The van der Waals surface area contributed by atoms with E-state index in [0.29, 0.717) is 29.5 Å². The number of carbonyl (C=O) groups is 1. The number of carbonyl (C=O) groups excluding carboxylic acids is 1. The Bertz CT molecular complexity index is 1160. The van der Waals surface area contributed by atoms with Gasteiger partial charge < -0.3 is 9.64 Å². The van der Waals surface area contributed by atoms with Gasteiger partial charge in [-0.2, -0.15) is 26.3 Å². The number of nitro groups is 1. The van der Waals surface area contributed by atoms with Crippen molar-refractivity contribution in [1.29, 1.82) is 0 Å². The van der Waals surface area contributed by atoms with E-state index in [0.717, 1.165) is 6.07 Å². The summed E-state index contributed by atoms with van der Waals surface area (Å²) in [5, 5.41) is 11.1. The van der Waals surface area contributed by atoms with Gasteiger partial charge in [0.25, 0.3) is 5.69 Å². The number of aryl methyl sites for hydroxylation is 1. The molecule has 1 aliphatic rings. The smallest absolute Gasteiger partial charge is 0.383 e. The average Bonchev–Trinajstić information content (AvgIpc) is 2.80. The molecule has 2 aromatic rings. The Balaban J connectivity index is 2.13. The Labute approximate surface area is 206 Å². The largest absolute Gasteiger partial charge is 0.435 e. The van der Waals surface area contributed by atoms with Gasteiger partial charge in [0, 0.05) is 49.6 Å². The predicted octanol–water partition coefficient (Wildman–Crippen LogP) is 5.19. The minimum Gasteiger partial charge on any atom is -0.383 e. The standard InChI is InChI=1S/C23H22F7N3O4/c1-14-9-15(3-5-18(14)33(35)36)11-32-19-6-4-17(21(24,22(25,26)27)23(28,29)30)10-16(19)12-31(7-8-37-2)20(32)13-34/h3-6,9-10,13,20H,7-8,11-12H2,1-2H3. The second-order valence-corrected chi connectivity index (χ2v) is 8.52. The van der Waals surface area contributed by atoms with E-state index in [1.165, 1.54) is 42.0 Å². The maximum absolute atomic E-state index is 14.7. The number of benzene rings is 2. The molecule has 0 N–H and O–H groups in total. The zero-order valence-corrected chi connectivity index (χ0v) is 19.6. The van der Waals surface area contributed by atoms with Crippen LogP contribution in [0.5, 0.6) is 0 Å². The molecule has 2 aromatic carbocycles. The highest BCUT2D eigenvalue weighted by Gasteiger charge is 2.73. The second kappa shape index (κ2) is 10.2. The first-order valence-corrected chi connectivity index (χ1v) is 10.8. The highest BCUT2D eigenvalue weighted by atomic mass is 19.4. The molecule has 1 heterocycles. The number of nitro benzene ring substituents is 1. The molecule has 3 rings (SSSR count). The van der Waals surface area contributed by atoms with Crippen LogP contribution >= 0.6 is 0 Å². The normalized spacial score (nSPS) is 17.0. The summed E-state index contributed by atoms with van der Waals surface area (Å²) in [5.74, 6) is 0. The number of hydrogen-bond donors (Lipinski definition) is 0. The Kier molecular flexibility index (Phi) is 7.84. The molecular weight excluding hydrogens is 515 g/mol. The highest BCUT2D eigenvalue weighted by molar-refractivity contribution is 5.70. The summed E-state index contributed by atoms with van der Waals surface area (Å²) in [7, 11) is 1.37. The fourth-order valence-electron chi connectivity index (χ4n) is 4.32. The van der Waals surface area contributed by atoms with E-state index in [1.807, 2.05) is 0 Å². The zero-order valence-electron chi connectivity index (χ0n) is 19.6. The van der Waals surface area contributed by atoms with Gasteiger partial charge >= 0.3 is 18.0 Å². The number of nitrogens with zero attached hydrogens (tertiary/aromatic N) is 3. The second-order valence-electron chi connectivity index (χ2n) is 8.52. The summed E-state index contributed by atoms with van der Waals surface area (Å²) in [6, 6.07) is 5.99. The minimum absolute atomic E-state index is 0.0686. The molecule has 0 aromatic heterocycles. The zero-order chi connectivity index (χ0) is 27.8. The van der Waals surface area contributed by atoms with Gasteiger partial charge in [-0.05, 0) is 36.2 Å². The van der Waals surface area contributed by atoms with Crippen LogP contribution in [0.25, 0.3) is 0 Å². The van der Waals surface area contributed by atoms with E-state index < -0.39 is 34.7 Å². The van der Waals surface area contributed by atoms with E-state index in [2.05, 4.69) is 0 Å². The molecule has 37 heavy (non-hydrogen) atoms. The fourth-order valence-corrected chi connectivity index (χ4v) is 4.32. The van der Waals surface area contributed by atoms with Crippen molar-refractivity contribution in [2.24, 2.45) is 0 Å². The number of hydrogen-bond acceptors (Lipinski definition) is 6. The third-order valence-electron chi connectivity index (χ3n) is 6.15. The summed E-state index contributed by atoms with van der Waals surface area (Å²) in [4.78, 5) is 25.5. The molecule has 0 saturated heterocycles. The number of aldehydes is 1. The van der Waals surface area contributed by atoms with Crippen LogP contribution in [0.1, 0.15) is 22.3 Å². The van der Waals surface area contributed by atoms with Crippen LogP contribution in [0.15, 0.2) is 36.4 Å². The van der Waals surface area contributed by atoms with Crippen molar-refractivity contribution < 1.29 is 45.2 Å². The summed E-state index contributed by atoms with van der Waals surface area (Å²) in [6.07, 6.45) is -13.0. The number of fused-ring (bicyclic) bond motifs is 1. The van der Waals surface area contributed by atoms with Gasteiger partial charge in [-0.25, -0.2) is 4.39 Å². The van der Waals surface area contributed by atoms with Gasteiger partial charge in [0.15, 0.2) is 6.29 Å². The van der Waals surface area contributed by atoms with Crippen LogP contribution in [0, 0.1) is 17.0 Å². The molecule has 1 atom stereocenters. The molecule has 0 saturated carbocycles. The van der Waals surface area contributed by atoms with Crippen molar-refractivity contribution in [3.8, 4) is 0 Å². The van der Waals surface area contributed by atoms with Gasteiger partial charge in [-0.15, -0.1) is 0 Å². The SMILES string of the molecule is COCCN1Cc2cc(C(F)(C(F)(F)F)C(F)(F)F)ccc2N(Cc2ccc([N+](=O)[O-])c(C)c2)C1C=O. The maximum Gasteiger partial charge on any atom is 0.435 e.